The number of fused-ring (bicyclic) bond motifs is 1. The highest BCUT2D eigenvalue weighted by molar-refractivity contribution is 6.07. The summed E-state index contributed by atoms with van der Waals surface area (Å²) >= 11 is 0. The lowest BCUT2D eigenvalue weighted by molar-refractivity contribution is 0.0980. The van der Waals surface area contributed by atoms with Gasteiger partial charge in [-0.1, -0.05) is 37.3 Å². The van der Waals surface area contributed by atoms with Gasteiger partial charge in [0.25, 0.3) is 5.91 Å². The molecule has 1 aromatic heterocycles. The smallest absolute Gasteiger partial charge is 0.258 e. The van der Waals surface area contributed by atoms with Crippen LogP contribution in [0.25, 0.3) is 0 Å². The second-order valence-corrected chi connectivity index (χ2v) is 7.03. The molecule has 0 aliphatic carbocycles. The van der Waals surface area contributed by atoms with E-state index in [4.69, 9.17) is 4.74 Å². The first-order chi connectivity index (χ1) is 13.2. The Morgan fingerprint density at radius 2 is 2.04 bits per heavy atom. The molecule has 1 aliphatic heterocycles. The fourth-order valence-corrected chi connectivity index (χ4v) is 3.51. The molecule has 0 fully saturated rings. The number of ether oxygens (including phenoxy) is 1. The van der Waals surface area contributed by atoms with Crippen molar-refractivity contribution >= 4 is 11.6 Å². The molecule has 136 valence electrons. The molecule has 1 aliphatic rings. The van der Waals surface area contributed by atoms with Crippen LogP contribution in [0.1, 0.15) is 28.4 Å². The average Bonchev–Trinajstić information content (AvgIpc) is 2.72. The monoisotopic (exact) mass is 358 g/mol. The van der Waals surface area contributed by atoms with Gasteiger partial charge in [0, 0.05) is 35.8 Å². The maximum absolute atomic E-state index is 13.2. The summed E-state index contributed by atoms with van der Waals surface area (Å²) in [6.07, 6.45) is 4.52. The molecule has 27 heavy (non-hydrogen) atoms. The number of anilines is 1. The Morgan fingerprint density at radius 1 is 1.15 bits per heavy atom. The Hall–Kier alpha value is -3.14. The zero-order valence-corrected chi connectivity index (χ0v) is 15.3. The number of hydrogen-bond donors (Lipinski definition) is 0. The molecule has 4 nitrogen and oxygen atoms in total. The van der Waals surface area contributed by atoms with Crippen molar-refractivity contribution < 1.29 is 9.53 Å². The number of aromatic nitrogens is 1. The van der Waals surface area contributed by atoms with Gasteiger partial charge in [0.15, 0.2) is 0 Å². The van der Waals surface area contributed by atoms with Crippen LogP contribution in [0.4, 0.5) is 5.69 Å². The van der Waals surface area contributed by atoms with Gasteiger partial charge in [0.2, 0.25) is 0 Å². The van der Waals surface area contributed by atoms with E-state index in [-0.39, 0.29) is 5.91 Å². The summed E-state index contributed by atoms with van der Waals surface area (Å²) in [6, 6.07) is 19.4. The predicted octanol–water partition coefficient (Wildman–Crippen LogP) is 4.50. The van der Waals surface area contributed by atoms with Gasteiger partial charge in [-0.25, -0.2) is 0 Å². The first-order valence-electron chi connectivity index (χ1n) is 9.22. The molecule has 2 aromatic carbocycles. The van der Waals surface area contributed by atoms with E-state index in [1.165, 1.54) is 5.56 Å². The maximum Gasteiger partial charge on any atom is 0.258 e. The van der Waals surface area contributed by atoms with Crippen molar-refractivity contribution in [3.8, 4) is 5.75 Å². The van der Waals surface area contributed by atoms with Crippen molar-refractivity contribution in [3.63, 3.8) is 0 Å². The number of benzene rings is 2. The Morgan fingerprint density at radius 3 is 2.89 bits per heavy atom. The fraction of sp³-hybridized carbons (Fsp3) is 0.217. The minimum Gasteiger partial charge on any atom is -0.489 e. The Labute approximate surface area is 159 Å². The average molecular weight is 358 g/mol. The summed E-state index contributed by atoms with van der Waals surface area (Å²) in [5.41, 5.74) is 3.88. The normalized spacial score (nSPS) is 15.9. The van der Waals surface area contributed by atoms with Crippen LogP contribution in [0.5, 0.6) is 5.75 Å². The first kappa shape index (κ1) is 17.3. The molecule has 0 spiro atoms. The van der Waals surface area contributed by atoms with E-state index in [9.17, 15) is 4.79 Å². The summed E-state index contributed by atoms with van der Waals surface area (Å²) in [4.78, 5) is 19.2. The number of rotatable bonds is 4. The largest absolute Gasteiger partial charge is 0.489 e. The molecule has 0 unspecified atom stereocenters. The fourth-order valence-electron chi connectivity index (χ4n) is 3.51. The Bertz CT molecular complexity index is 940. The van der Waals surface area contributed by atoms with Crippen molar-refractivity contribution in [3.05, 3.63) is 89.7 Å². The number of amides is 1. The lowest BCUT2D eigenvalue weighted by Crippen LogP contribution is -2.39. The van der Waals surface area contributed by atoms with Crippen LogP contribution in [0, 0.1) is 5.92 Å². The zero-order valence-electron chi connectivity index (χ0n) is 15.3. The van der Waals surface area contributed by atoms with Crippen molar-refractivity contribution in [1.29, 1.82) is 0 Å². The van der Waals surface area contributed by atoms with Crippen LogP contribution >= 0.6 is 0 Å². The van der Waals surface area contributed by atoms with E-state index in [0.29, 0.717) is 23.8 Å². The summed E-state index contributed by atoms with van der Waals surface area (Å²) in [5, 5.41) is 0. The minimum absolute atomic E-state index is 0.0147. The van der Waals surface area contributed by atoms with Crippen molar-refractivity contribution in [2.45, 2.75) is 20.0 Å². The second-order valence-electron chi connectivity index (χ2n) is 7.03. The quantitative estimate of drug-likeness (QED) is 0.690. The topological polar surface area (TPSA) is 42.4 Å². The number of carbonyl (C=O) groups is 1. The molecule has 1 amide bonds. The van der Waals surface area contributed by atoms with Gasteiger partial charge in [-0.2, -0.15) is 0 Å². The Balaban J connectivity index is 1.54. The standard InChI is InChI=1S/C23H22N2O2/c1-17-12-19-7-2-3-10-22(19)25(15-17)23(26)20-8-4-9-21(13-20)27-16-18-6-5-11-24-14-18/h2-11,13-14,17H,12,15-16H2,1H3/t17-/m0/s1. The van der Waals surface area contributed by atoms with Crippen LogP contribution in [-0.4, -0.2) is 17.4 Å². The molecule has 0 bridgehead atoms. The van der Waals surface area contributed by atoms with Gasteiger partial charge in [0.05, 0.1) is 0 Å². The molecule has 2 heterocycles. The molecule has 0 N–H and O–H groups in total. The molecule has 0 saturated carbocycles. The van der Waals surface area contributed by atoms with Crippen LogP contribution in [-0.2, 0) is 13.0 Å². The third-order valence-corrected chi connectivity index (χ3v) is 4.80. The van der Waals surface area contributed by atoms with Gasteiger partial charge < -0.3 is 9.64 Å². The zero-order chi connectivity index (χ0) is 18.6. The molecule has 3 aromatic rings. The number of carbonyl (C=O) groups excluding carboxylic acids is 1. The first-order valence-corrected chi connectivity index (χ1v) is 9.22. The molecule has 0 saturated heterocycles. The van der Waals surface area contributed by atoms with Gasteiger partial charge >= 0.3 is 0 Å². The third kappa shape index (κ3) is 3.85. The number of nitrogens with zero attached hydrogens (tertiary/aromatic N) is 2. The van der Waals surface area contributed by atoms with Gasteiger partial charge in [-0.05, 0) is 48.2 Å². The number of pyridine rings is 1. The van der Waals surface area contributed by atoms with E-state index in [1.807, 2.05) is 59.5 Å². The highest BCUT2D eigenvalue weighted by atomic mass is 16.5. The van der Waals surface area contributed by atoms with Gasteiger partial charge in [0.1, 0.15) is 12.4 Å². The van der Waals surface area contributed by atoms with Crippen LogP contribution in [0.3, 0.4) is 0 Å². The summed E-state index contributed by atoms with van der Waals surface area (Å²) in [6.45, 7) is 3.34. The molecule has 4 heteroatoms. The summed E-state index contributed by atoms with van der Waals surface area (Å²) < 4.78 is 5.85. The van der Waals surface area contributed by atoms with Crippen molar-refractivity contribution in [2.75, 3.05) is 11.4 Å². The van der Waals surface area contributed by atoms with E-state index in [0.717, 1.165) is 24.2 Å². The van der Waals surface area contributed by atoms with Crippen molar-refractivity contribution in [1.82, 2.24) is 4.98 Å². The summed E-state index contributed by atoms with van der Waals surface area (Å²) in [7, 11) is 0. The van der Waals surface area contributed by atoms with E-state index in [2.05, 4.69) is 18.0 Å². The van der Waals surface area contributed by atoms with Gasteiger partial charge in [-0.3, -0.25) is 9.78 Å². The van der Waals surface area contributed by atoms with Crippen LogP contribution in [0.15, 0.2) is 73.1 Å². The highest BCUT2D eigenvalue weighted by Gasteiger charge is 2.27. The maximum atomic E-state index is 13.2. The highest BCUT2D eigenvalue weighted by Crippen LogP contribution is 2.31. The van der Waals surface area contributed by atoms with Crippen molar-refractivity contribution in [2.24, 2.45) is 5.92 Å². The molecular weight excluding hydrogens is 336 g/mol. The lowest BCUT2D eigenvalue weighted by atomic mass is 9.93. The van der Waals surface area contributed by atoms with Gasteiger partial charge in [-0.15, -0.1) is 0 Å². The SMILES string of the molecule is C[C@H]1Cc2ccccc2N(C(=O)c2cccc(OCc3cccnc3)c2)C1. The number of para-hydroxylation sites is 1. The molecular formula is C23H22N2O2. The minimum atomic E-state index is 0.0147. The second kappa shape index (κ2) is 7.62. The Kier molecular flexibility index (Phi) is 4.88. The molecule has 0 radical (unpaired) electrons. The molecule has 4 rings (SSSR count). The summed E-state index contributed by atoms with van der Waals surface area (Å²) in [5.74, 6) is 1.14. The predicted molar refractivity (Wildman–Crippen MR) is 106 cm³/mol. The lowest BCUT2D eigenvalue weighted by Gasteiger charge is -2.33. The van der Waals surface area contributed by atoms with E-state index in [1.54, 1.807) is 12.4 Å². The number of hydrogen-bond acceptors (Lipinski definition) is 3. The van der Waals surface area contributed by atoms with E-state index >= 15 is 0 Å². The third-order valence-electron chi connectivity index (χ3n) is 4.80. The van der Waals surface area contributed by atoms with Crippen LogP contribution in [0.2, 0.25) is 0 Å². The van der Waals surface area contributed by atoms with E-state index < -0.39 is 0 Å². The molecule has 1 atom stereocenters. The van der Waals surface area contributed by atoms with Crippen LogP contribution < -0.4 is 9.64 Å².